The molecule has 0 unspecified atom stereocenters. The Morgan fingerprint density at radius 3 is 1.72 bits per heavy atom. The normalized spacial score (nSPS) is 11.1. The van der Waals surface area contributed by atoms with Gasteiger partial charge in [-0.15, -0.1) is 0 Å². The van der Waals surface area contributed by atoms with Gasteiger partial charge in [-0.3, -0.25) is 0 Å². The number of nitrogens with zero attached hydrogens (tertiary/aromatic N) is 1. The van der Waals surface area contributed by atoms with E-state index in [-0.39, 0.29) is 0 Å². The monoisotopic (exact) mass is 501 g/mol. The summed E-state index contributed by atoms with van der Waals surface area (Å²) in [4.78, 5) is 2.31. The fraction of sp³-hybridized carbons (Fsp3) is 0. The van der Waals surface area contributed by atoms with Gasteiger partial charge in [0.1, 0.15) is 0 Å². The van der Waals surface area contributed by atoms with E-state index in [1.54, 1.807) is 6.08 Å². The number of hydrogen-bond donors (Lipinski definition) is 0. The Hall–Kier alpha value is -5.14. The summed E-state index contributed by atoms with van der Waals surface area (Å²) < 4.78 is 0. The molecule has 188 valence electrons. The first-order chi connectivity index (χ1) is 19.3. The standard InChI is InChI=1S/C38H31N/c1-3-5-15-30-23-26-34(27-24-30)39(29-37(31-17-9-7-10-18-31)32-19-11-8-12-20-32)38-28-25-33(16-6-4-2)35-21-13-14-22-36(35)38/h3-29H,1-2H2. The van der Waals surface area contributed by atoms with Crippen LogP contribution >= 0.6 is 0 Å². The van der Waals surface area contributed by atoms with Crippen LogP contribution in [0.25, 0.3) is 28.5 Å². The number of hydrogen-bond acceptors (Lipinski definition) is 1. The summed E-state index contributed by atoms with van der Waals surface area (Å²) in [6.07, 6.45) is 14.0. The fourth-order valence-corrected chi connectivity index (χ4v) is 4.72. The molecule has 0 aromatic heterocycles. The van der Waals surface area contributed by atoms with Crippen molar-refractivity contribution in [1.82, 2.24) is 0 Å². The Labute approximate surface area is 231 Å². The second kappa shape index (κ2) is 12.4. The Morgan fingerprint density at radius 2 is 1.10 bits per heavy atom. The van der Waals surface area contributed by atoms with E-state index in [9.17, 15) is 0 Å². The van der Waals surface area contributed by atoms with Crippen LogP contribution in [0.2, 0.25) is 0 Å². The molecule has 0 amide bonds. The highest BCUT2D eigenvalue weighted by atomic mass is 15.1. The molecular formula is C38H31N. The molecule has 0 saturated heterocycles. The van der Waals surface area contributed by atoms with E-state index in [1.165, 1.54) is 10.8 Å². The highest BCUT2D eigenvalue weighted by molar-refractivity contribution is 6.02. The molecule has 5 aromatic carbocycles. The first-order valence-electron chi connectivity index (χ1n) is 13.1. The van der Waals surface area contributed by atoms with Crippen molar-refractivity contribution in [2.24, 2.45) is 0 Å². The molecule has 0 aliphatic carbocycles. The second-order valence-corrected chi connectivity index (χ2v) is 9.15. The summed E-state index contributed by atoms with van der Waals surface area (Å²) >= 11 is 0. The number of allylic oxidation sites excluding steroid dienone is 4. The van der Waals surface area contributed by atoms with Crippen molar-refractivity contribution in [3.8, 4) is 0 Å². The average Bonchev–Trinajstić information content (AvgIpc) is 3.01. The molecule has 0 heterocycles. The maximum absolute atomic E-state index is 3.84. The molecule has 1 nitrogen and oxygen atoms in total. The molecule has 0 N–H and O–H groups in total. The molecular weight excluding hydrogens is 470 g/mol. The molecule has 0 saturated carbocycles. The van der Waals surface area contributed by atoms with E-state index in [0.717, 1.165) is 39.2 Å². The van der Waals surface area contributed by atoms with Crippen molar-refractivity contribution in [1.29, 1.82) is 0 Å². The Balaban J connectivity index is 1.76. The molecule has 1 heteroatoms. The molecule has 0 fully saturated rings. The number of fused-ring (bicyclic) bond motifs is 1. The smallest absolute Gasteiger partial charge is 0.0534 e. The molecule has 39 heavy (non-hydrogen) atoms. The van der Waals surface area contributed by atoms with Crippen molar-refractivity contribution in [2.75, 3.05) is 4.90 Å². The van der Waals surface area contributed by atoms with Crippen molar-refractivity contribution >= 4 is 39.9 Å². The van der Waals surface area contributed by atoms with Crippen LogP contribution in [0, 0.1) is 0 Å². The Kier molecular flexibility index (Phi) is 8.11. The lowest BCUT2D eigenvalue weighted by Gasteiger charge is -2.25. The number of rotatable bonds is 9. The zero-order chi connectivity index (χ0) is 26.9. The predicted molar refractivity (Wildman–Crippen MR) is 171 cm³/mol. The Bertz CT molecular complexity index is 1610. The topological polar surface area (TPSA) is 3.24 Å². The van der Waals surface area contributed by atoms with Gasteiger partial charge >= 0.3 is 0 Å². The van der Waals surface area contributed by atoms with Gasteiger partial charge in [0.15, 0.2) is 0 Å². The first-order valence-corrected chi connectivity index (χ1v) is 13.1. The lowest BCUT2D eigenvalue weighted by atomic mass is 9.97. The third-order valence-corrected chi connectivity index (χ3v) is 6.63. The van der Waals surface area contributed by atoms with Gasteiger partial charge in [0.2, 0.25) is 0 Å². The van der Waals surface area contributed by atoms with Gasteiger partial charge in [0, 0.05) is 22.8 Å². The third-order valence-electron chi connectivity index (χ3n) is 6.63. The number of benzene rings is 5. The fourth-order valence-electron chi connectivity index (χ4n) is 4.72. The number of anilines is 2. The molecule has 0 bridgehead atoms. The van der Waals surface area contributed by atoms with Crippen molar-refractivity contribution < 1.29 is 0 Å². The van der Waals surface area contributed by atoms with Gasteiger partial charge in [0.05, 0.1) is 5.69 Å². The van der Waals surface area contributed by atoms with E-state index >= 15 is 0 Å². The summed E-state index contributed by atoms with van der Waals surface area (Å²) in [5.74, 6) is 0. The predicted octanol–water partition coefficient (Wildman–Crippen LogP) is 10.5. The van der Waals surface area contributed by atoms with Gasteiger partial charge in [0.25, 0.3) is 0 Å². The van der Waals surface area contributed by atoms with Crippen molar-refractivity contribution in [2.45, 2.75) is 0 Å². The van der Waals surface area contributed by atoms with Crippen LogP contribution in [0.5, 0.6) is 0 Å². The van der Waals surface area contributed by atoms with E-state index in [0.29, 0.717) is 0 Å². The Morgan fingerprint density at radius 1 is 0.538 bits per heavy atom. The van der Waals surface area contributed by atoms with Crippen LogP contribution in [0.4, 0.5) is 11.4 Å². The molecule has 0 aliphatic heterocycles. The molecule has 0 atom stereocenters. The summed E-state index contributed by atoms with van der Waals surface area (Å²) in [6, 6.07) is 42.8. The minimum Gasteiger partial charge on any atom is -0.316 e. The highest BCUT2D eigenvalue weighted by Gasteiger charge is 2.15. The van der Waals surface area contributed by atoms with Crippen LogP contribution in [0.15, 0.2) is 165 Å². The second-order valence-electron chi connectivity index (χ2n) is 9.15. The molecule has 0 spiro atoms. The average molecular weight is 502 g/mol. The quantitative estimate of drug-likeness (QED) is 0.182. The van der Waals surface area contributed by atoms with Gasteiger partial charge < -0.3 is 4.90 Å². The molecule has 5 rings (SSSR count). The minimum atomic E-state index is 1.08. The maximum Gasteiger partial charge on any atom is 0.0534 e. The van der Waals surface area contributed by atoms with Gasteiger partial charge in [-0.2, -0.15) is 0 Å². The zero-order valence-corrected chi connectivity index (χ0v) is 21.9. The first kappa shape index (κ1) is 25.5. The van der Waals surface area contributed by atoms with Crippen LogP contribution in [0.1, 0.15) is 22.3 Å². The highest BCUT2D eigenvalue weighted by Crippen LogP contribution is 2.37. The summed E-state index contributed by atoms with van der Waals surface area (Å²) in [6.45, 7) is 7.64. The van der Waals surface area contributed by atoms with Gasteiger partial charge in [-0.1, -0.05) is 153 Å². The van der Waals surface area contributed by atoms with Crippen molar-refractivity contribution in [3.63, 3.8) is 0 Å². The van der Waals surface area contributed by atoms with Crippen LogP contribution in [-0.4, -0.2) is 0 Å². The SMILES string of the molecule is C=CC=Cc1ccc(N(C=C(c2ccccc2)c2ccccc2)c2ccc(C=CC=C)c3ccccc23)cc1. The molecule has 0 aliphatic rings. The van der Waals surface area contributed by atoms with Crippen LogP contribution < -0.4 is 4.90 Å². The lowest BCUT2D eigenvalue weighted by molar-refractivity contribution is 1.29. The van der Waals surface area contributed by atoms with Crippen LogP contribution in [0.3, 0.4) is 0 Å². The summed E-state index contributed by atoms with van der Waals surface area (Å²) in [5.41, 5.74) is 7.95. The van der Waals surface area contributed by atoms with E-state index in [2.05, 4.69) is 158 Å². The molecule has 5 aromatic rings. The van der Waals surface area contributed by atoms with Crippen molar-refractivity contribution in [3.05, 3.63) is 187 Å². The maximum atomic E-state index is 3.84. The zero-order valence-electron chi connectivity index (χ0n) is 21.9. The van der Waals surface area contributed by atoms with E-state index < -0.39 is 0 Å². The van der Waals surface area contributed by atoms with Gasteiger partial charge in [-0.05, 0) is 45.8 Å². The third kappa shape index (κ3) is 5.89. The largest absolute Gasteiger partial charge is 0.316 e. The summed E-state index contributed by atoms with van der Waals surface area (Å²) in [5, 5.41) is 2.37. The van der Waals surface area contributed by atoms with Gasteiger partial charge in [-0.25, -0.2) is 0 Å². The molecule has 0 radical (unpaired) electrons. The summed E-state index contributed by atoms with van der Waals surface area (Å²) in [7, 11) is 0. The van der Waals surface area contributed by atoms with Crippen LogP contribution in [-0.2, 0) is 0 Å². The van der Waals surface area contributed by atoms with E-state index in [1.807, 2.05) is 18.2 Å². The van der Waals surface area contributed by atoms with E-state index in [4.69, 9.17) is 0 Å². The minimum absolute atomic E-state index is 1.08. The lowest BCUT2D eigenvalue weighted by Crippen LogP contribution is -2.11.